The maximum atomic E-state index is 12.7. The lowest BCUT2D eigenvalue weighted by Gasteiger charge is -2.11. The highest BCUT2D eigenvalue weighted by Crippen LogP contribution is 2.25. The number of non-ortho nitro benzene ring substituents is 1. The molecular formula is C19H14ClN3O5S. The lowest BCUT2D eigenvalue weighted by atomic mass is 10.2. The van der Waals surface area contributed by atoms with E-state index in [0.717, 1.165) is 12.1 Å². The monoisotopic (exact) mass is 431 g/mol. The van der Waals surface area contributed by atoms with Crippen LogP contribution in [0.4, 0.5) is 17.1 Å². The van der Waals surface area contributed by atoms with E-state index in [1.807, 2.05) is 0 Å². The third kappa shape index (κ3) is 4.89. The Labute approximate surface area is 171 Å². The SMILES string of the molecule is O=C(Nc1ccccc1)c1cc(S(=O)(=O)Nc2cccc([N+](=O)[O-])c2)ccc1Cl. The number of hydrogen-bond acceptors (Lipinski definition) is 5. The van der Waals surface area contributed by atoms with Gasteiger partial charge in [0.05, 0.1) is 26.1 Å². The molecule has 148 valence electrons. The molecule has 1 amide bonds. The molecule has 3 rings (SSSR count). The molecule has 29 heavy (non-hydrogen) atoms. The van der Waals surface area contributed by atoms with Crippen LogP contribution in [0.2, 0.25) is 5.02 Å². The van der Waals surface area contributed by atoms with Gasteiger partial charge in [0.1, 0.15) is 0 Å². The number of hydrogen-bond donors (Lipinski definition) is 2. The number of nitrogens with one attached hydrogen (secondary N) is 2. The Kier molecular flexibility index (Phi) is 5.81. The van der Waals surface area contributed by atoms with Gasteiger partial charge in [-0.3, -0.25) is 19.6 Å². The maximum absolute atomic E-state index is 12.7. The average molecular weight is 432 g/mol. The van der Waals surface area contributed by atoms with Gasteiger partial charge in [0.2, 0.25) is 0 Å². The highest BCUT2D eigenvalue weighted by molar-refractivity contribution is 7.92. The summed E-state index contributed by atoms with van der Waals surface area (Å²) in [7, 11) is -4.11. The summed E-state index contributed by atoms with van der Waals surface area (Å²) in [6.45, 7) is 0. The van der Waals surface area contributed by atoms with Gasteiger partial charge in [-0.25, -0.2) is 8.42 Å². The van der Waals surface area contributed by atoms with Gasteiger partial charge < -0.3 is 5.32 Å². The van der Waals surface area contributed by atoms with E-state index in [2.05, 4.69) is 10.0 Å². The minimum absolute atomic E-state index is 0.0180. The second-order valence-electron chi connectivity index (χ2n) is 5.87. The Morgan fingerprint density at radius 1 is 0.931 bits per heavy atom. The van der Waals surface area contributed by atoms with E-state index in [-0.39, 0.29) is 26.9 Å². The summed E-state index contributed by atoms with van der Waals surface area (Å²) in [4.78, 5) is 22.5. The molecule has 0 bridgehead atoms. The first-order valence-electron chi connectivity index (χ1n) is 8.19. The smallest absolute Gasteiger partial charge is 0.271 e. The van der Waals surface area contributed by atoms with Crippen LogP contribution in [0.5, 0.6) is 0 Å². The van der Waals surface area contributed by atoms with E-state index >= 15 is 0 Å². The second kappa shape index (κ2) is 8.29. The van der Waals surface area contributed by atoms with Crippen LogP contribution in [0.15, 0.2) is 77.7 Å². The van der Waals surface area contributed by atoms with E-state index in [4.69, 9.17) is 11.6 Å². The van der Waals surface area contributed by atoms with E-state index < -0.39 is 20.9 Å². The number of nitrogens with zero attached hydrogens (tertiary/aromatic N) is 1. The van der Waals surface area contributed by atoms with Crippen molar-refractivity contribution in [2.75, 3.05) is 10.0 Å². The highest BCUT2D eigenvalue weighted by atomic mass is 35.5. The number of carbonyl (C=O) groups is 1. The molecule has 3 aromatic carbocycles. The summed E-state index contributed by atoms with van der Waals surface area (Å²) in [5.74, 6) is -0.575. The number of nitro groups is 1. The zero-order chi connectivity index (χ0) is 21.0. The molecular weight excluding hydrogens is 418 g/mol. The number of carbonyl (C=O) groups excluding carboxylic acids is 1. The van der Waals surface area contributed by atoms with Gasteiger partial charge in [-0.05, 0) is 36.4 Å². The number of amides is 1. The van der Waals surface area contributed by atoms with Crippen LogP contribution in [0.1, 0.15) is 10.4 Å². The number of sulfonamides is 1. The lowest BCUT2D eigenvalue weighted by Crippen LogP contribution is -2.16. The van der Waals surface area contributed by atoms with Gasteiger partial charge in [0.25, 0.3) is 21.6 Å². The van der Waals surface area contributed by atoms with Gasteiger partial charge in [-0.2, -0.15) is 0 Å². The van der Waals surface area contributed by atoms with Gasteiger partial charge in [0.15, 0.2) is 0 Å². The zero-order valence-electron chi connectivity index (χ0n) is 14.7. The highest BCUT2D eigenvalue weighted by Gasteiger charge is 2.20. The topological polar surface area (TPSA) is 118 Å². The summed E-state index contributed by atoms with van der Waals surface area (Å²) in [6, 6.07) is 17.4. The molecule has 0 aromatic heterocycles. The Hall–Kier alpha value is -3.43. The molecule has 0 atom stereocenters. The fraction of sp³-hybridized carbons (Fsp3) is 0. The third-order valence-electron chi connectivity index (χ3n) is 3.83. The van der Waals surface area contributed by atoms with Crippen LogP contribution < -0.4 is 10.0 Å². The van der Waals surface area contributed by atoms with Gasteiger partial charge >= 0.3 is 0 Å². The van der Waals surface area contributed by atoms with Gasteiger partial charge in [-0.15, -0.1) is 0 Å². The van der Waals surface area contributed by atoms with E-state index in [0.29, 0.717) is 5.69 Å². The quantitative estimate of drug-likeness (QED) is 0.445. The molecule has 8 nitrogen and oxygen atoms in total. The van der Waals surface area contributed by atoms with E-state index in [1.54, 1.807) is 30.3 Å². The van der Waals surface area contributed by atoms with Crippen molar-refractivity contribution in [3.05, 3.63) is 93.5 Å². The molecule has 0 aliphatic heterocycles. The summed E-state index contributed by atoms with van der Waals surface area (Å²) in [5.41, 5.74) is 0.252. The predicted octanol–water partition coefficient (Wildman–Crippen LogP) is 4.30. The molecule has 0 aliphatic rings. The van der Waals surface area contributed by atoms with Gasteiger partial charge in [0, 0.05) is 17.8 Å². The lowest BCUT2D eigenvalue weighted by molar-refractivity contribution is -0.384. The van der Waals surface area contributed by atoms with Crippen molar-refractivity contribution in [3.8, 4) is 0 Å². The first-order valence-corrected chi connectivity index (χ1v) is 10.1. The minimum Gasteiger partial charge on any atom is -0.322 e. The number of anilines is 2. The van der Waals surface area contributed by atoms with Crippen molar-refractivity contribution in [2.45, 2.75) is 4.90 Å². The van der Waals surface area contributed by atoms with Crippen molar-refractivity contribution in [1.29, 1.82) is 0 Å². The minimum atomic E-state index is -4.11. The van der Waals surface area contributed by atoms with Crippen LogP contribution in [-0.2, 0) is 10.0 Å². The molecule has 0 fully saturated rings. The van der Waals surface area contributed by atoms with Crippen molar-refractivity contribution in [2.24, 2.45) is 0 Å². The van der Waals surface area contributed by atoms with Crippen molar-refractivity contribution >= 4 is 44.6 Å². The number of nitro benzene ring substituents is 1. The molecule has 0 saturated heterocycles. The molecule has 3 aromatic rings. The summed E-state index contributed by atoms with van der Waals surface area (Å²) in [6.07, 6.45) is 0. The first kappa shape index (κ1) is 20.3. The third-order valence-corrected chi connectivity index (χ3v) is 5.54. The Morgan fingerprint density at radius 2 is 1.62 bits per heavy atom. The fourth-order valence-electron chi connectivity index (χ4n) is 2.46. The molecule has 0 unspecified atom stereocenters. The average Bonchev–Trinajstić information content (AvgIpc) is 2.68. The molecule has 2 N–H and O–H groups in total. The summed E-state index contributed by atoms with van der Waals surface area (Å²) < 4.78 is 27.6. The summed E-state index contributed by atoms with van der Waals surface area (Å²) in [5, 5.41) is 13.6. The van der Waals surface area contributed by atoms with Crippen LogP contribution >= 0.6 is 11.6 Å². The van der Waals surface area contributed by atoms with Crippen molar-refractivity contribution in [1.82, 2.24) is 0 Å². The summed E-state index contributed by atoms with van der Waals surface area (Å²) >= 11 is 6.07. The Morgan fingerprint density at radius 3 is 2.31 bits per heavy atom. The second-order valence-corrected chi connectivity index (χ2v) is 7.96. The van der Waals surface area contributed by atoms with Gasteiger partial charge in [-0.1, -0.05) is 35.9 Å². The molecule has 10 heteroatoms. The number of halogens is 1. The maximum Gasteiger partial charge on any atom is 0.271 e. The largest absolute Gasteiger partial charge is 0.322 e. The number of rotatable bonds is 6. The van der Waals surface area contributed by atoms with E-state index in [9.17, 15) is 23.3 Å². The molecule has 0 saturated carbocycles. The van der Waals surface area contributed by atoms with Crippen LogP contribution in [0.3, 0.4) is 0 Å². The first-order chi connectivity index (χ1) is 13.8. The molecule has 0 radical (unpaired) electrons. The molecule has 0 spiro atoms. The standard InChI is InChI=1S/C19H14ClN3O5S/c20-18-10-9-16(12-17(18)19(24)21-13-5-2-1-3-6-13)29(27,28)22-14-7-4-8-15(11-14)23(25)26/h1-12,22H,(H,21,24). The van der Waals surface area contributed by atoms with E-state index in [1.165, 1.54) is 30.3 Å². The van der Waals surface area contributed by atoms with Crippen LogP contribution in [-0.4, -0.2) is 19.2 Å². The van der Waals surface area contributed by atoms with Crippen molar-refractivity contribution in [3.63, 3.8) is 0 Å². The predicted molar refractivity (Wildman–Crippen MR) is 110 cm³/mol. The molecule has 0 aliphatic carbocycles. The Bertz CT molecular complexity index is 1180. The number of benzene rings is 3. The number of para-hydroxylation sites is 1. The fourth-order valence-corrected chi connectivity index (χ4v) is 3.74. The zero-order valence-corrected chi connectivity index (χ0v) is 16.3. The Balaban J connectivity index is 1.88. The molecule has 0 heterocycles. The van der Waals surface area contributed by atoms with Crippen molar-refractivity contribution < 1.29 is 18.1 Å². The normalized spacial score (nSPS) is 10.9. The van der Waals surface area contributed by atoms with Crippen LogP contribution in [0.25, 0.3) is 0 Å². The van der Waals surface area contributed by atoms with Crippen LogP contribution in [0, 0.1) is 10.1 Å².